The molecule has 184 valence electrons. The highest BCUT2D eigenvalue weighted by Crippen LogP contribution is 2.31. The molecule has 1 unspecified atom stereocenters. The van der Waals surface area contributed by atoms with Gasteiger partial charge in [-0.2, -0.15) is 4.98 Å². The molecule has 1 amide bonds. The lowest BCUT2D eigenvalue weighted by Gasteiger charge is -2.40. The highest BCUT2D eigenvalue weighted by molar-refractivity contribution is 6.30. The summed E-state index contributed by atoms with van der Waals surface area (Å²) in [6.45, 7) is 12.5. The van der Waals surface area contributed by atoms with Gasteiger partial charge in [-0.25, -0.2) is 28.7 Å². The number of hydrogen-bond acceptors (Lipinski definition) is 7. The number of aryl methyl sites for hydroxylation is 1. The molecule has 4 rings (SSSR count). The van der Waals surface area contributed by atoms with Crippen molar-refractivity contribution in [2.24, 2.45) is 0 Å². The van der Waals surface area contributed by atoms with Crippen molar-refractivity contribution in [2.45, 2.75) is 46.1 Å². The Balaban J connectivity index is 1.95. The fourth-order valence-electron chi connectivity index (χ4n) is 4.44. The van der Waals surface area contributed by atoms with Crippen molar-refractivity contribution in [3.8, 4) is 5.69 Å². The summed E-state index contributed by atoms with van der Waals surface area (Å²) in [5, 5.41) is -0.0160. The highest BCUT2D eigenvalue weighted by atomic mass is 35.5. The number of anilines is 1. The number of piperazine rings is 1. The normalized spacial score (nSPS) is 17.0. The summed E-state index contributed by atoms with van der Waals surface area (Å²) < 4.78 is 16.0. The third-order valence-electron chi connectivity index (χ3n) is 6.48. The second kappa shape index (κ2) is 9.69. The maximum atomic E-state index is 14.6. The van der Waals surface area contributed by atoms with E-state index < -0.39 is 11.5 Å². The van der Waals surface area contributed by atoms with Crippen molar-refractivity contribution in [1.82, 2.24) is 29.4 Å². The molecular weight excluding hydrogens is 473 g/mol. The van der Waals surface area contributed by atoms with E-state index in [1.807, 2.05) is 25.7 Å². The van der Waals surface area contributed by atoms with Crippen molar-refractivity contribution in [1.29, 1.82) is 0 Å². The standard InChI is InChI=1S/C24H27ClFN7O2/c1-6-13(3)19-20(15(5)27-12-28-19)33-23-16(10-17(26)21(25)29-23)22(30-24(33)35)31-8-9-32(14(4)11-31)18(34)7-2/h7,10,12-14H,2,6,8-9,11H2,1,3-5H3/t13?,14-/m0/s1. The number of nitrogens with zero attached hydrogens (tertiary/aromatic N) is 7. The van der Waals surface area contributed by atoms with Gasteiger partial charge in [-0.1, -0.05) is 32.0 Å². The molecule has 0 aromatic carbocycles. The average molecular weight is 500 g/mol. The Hall–Kier alpha value is -3.40. The Morgan fingerprint density at radius 3 is 2.74 bits per heavy atom. The molecule has 3 aromatic rings. The van der Waals surface area contributed by atoms with Crippen molar-refractivity contribution in [3.05, 3.63) is 57.9 Å². The fraction of sp³-hybridized carbons (Fsp3) is 0.417. The van der Waals surface area contributed by atoms with Crippen LogP contribution in [-0.2, 0) is 4.79 Å². The van der Waals surface area contributed by atoms with Gasteiger partial charge in [0.15, 0.2) is 16.6 Å². The van der Waals surface area contributed by atoms with Gasteiger partial charge in [-0.15, -0.1) is 0 Å². The lowest BCUT2D eigenvalue weighted by Crippen LogP contribution is -2.54. The maximum absolute atomic E-state index is 14.6. The maximum Gasteiger partial charge on any atom is 0.355 e. The summed E-state index contributed by atoms with van der Waals surface area (Å²) in [7, 11) is 0. The highest BCUT2D eigenvalue weighted by Gasteiger charge is 2.30. The molecule has 11 heteroatoms. The fourth-order valence-corrected chi connectivity index (χ4v) is 4.57. The summed E-state index contributed by atoms with van der Waals surface area (Å²) >= 11 is 6.08. The minimum absolute atomic E-state index is 0.0283. The van der Waals surface area contributed by atoms with E-state index in [1.165, 1.54) is 23.0 Å². The molecule has 35 heavy (non-hydrogen) atoms. The summed E-state index contributed by atoms with van der Waals surface area (Å²) in [6, 6.07) is 1.08. The molecule has 1 aliphatic rings. The van der Waals surface area contributed by atoms with Gasteiger partial charge in [0, 0.05) is 31.6 Å². The van der Waals surface area contributed by atoms with E-state index in [0.29, 0.717) is 47.9 Å². The van der Waals surface area contributed by atoms with Crippen molar-refractivity contribution >= 4 is 34.4 Å². The van der Waals surface area contributed by atoms with E-state index in [0.717, 1.165) is 6.42 Å². The number of carbonyl (C=O) groups excluding carboxylic acids is 1. The summed E-state index contributed by atoms with van der Waals surface area (Å²) in [6.07, 6.45) is 3.53. The van der Waals surface area contributed by atoms with Gasteiger partial charge in [0.05, 0.1) is 22.5 Å². The first-order valence-corrected chi connectivity index (χ1v) is 11.8. The molecule has 1 saturated heterocycles. The zero-order valence-corrected chi connectivity index (χ0v) is 20.9. The van der Waals surface area contributed by atoms with Crippen molar-refractivity contribution in [3.63, 3.8) is 0 Å². The largest absolute Gasteiger partial charge is 0.355 e. The number of aromatic nitrogens is 5. The Kier molecular flexibility index (Phi) is 6.84. The Morgan fingerprint density at radius 2 is 2.09 bits per heavy atom. The summed E-state index contributed by atoms with van der Waals surface area (Å²) in [5.74, 6) is -0.562. The molecule has 0 bridgehead atoms. The molecule has 1 fully saturated rings. The van der Waals surface area contributed by atoms with Crippen LogP contribution in [-0.4, -0.2) is 61.0 Å². The number of carbonyl (C=O) groups is 1. The molecule has 3 aromatic heterocycles. The molecule has 0 N–H and O–H groups in total. The first-order chi connectivity index (χ1) is 16.7. The minimum Gasteiger partial charge on any atom is -0.352 e. The van der Waals surface area contributed by atoms with E-state index in [2.05, 4.69) is 26.5 Å². The Labute approximate surface area is 207 Å². The third-order valence-corrected chi connectivity index (χ3v) is 6.74. The van der Waals surface area contributed by atoms with Gasteiger partial charge in [0.2, 0.25) is 5.91 Å². The molecule has 2 atom stereocenters. The molecule has 0 aliphatic carbocycles. The molecule has 0 radical (unpaired) electrons. The summed E-state index contributed by atoms with van der Waals surface area (Å²) in [5.41, 5.74) is 1.29. The smallest absolute Gasteiger partial charge is 0.352 e. The van der Waals surface area contributed by atoms with Gasteiger partial charge in [0.1, 0.15) is 12.1 Å². The quantitative estimate of drug-likeness (QED) is 0.392. The zero-order chi connectivity index (χ0) is 25.4. The second-order valence-electron chi connectivity index (χ2n) is 8.72. The van der Waals surface area contributed by atoms with Crippen LogP contribution in [0.1, 0.15) is 44.5 Å². The zero-order valence-electron chi connectivity index (χ0n) is 20.1. The third kappa shape index (κ3) is 4.38. The van der Waals surface area contributed by atoms with Gasteiger partial charge < -0.3 is 9.80 Å². The first-order valence-electron chi connectivity index (χ1n) is 11.5. The average Bonchev–Trinajstić information content (AvgIpc) is 2.84. The number of rotatable bonds is 5. The van der Waals surface area contributed by atoms with E-state index in [9.17, 15) is 14.0 Å². The lowest BCUT2D eigenvalue weighted by atomic mass is 10.0. The van der Waals surface area contributed by atoms with Crippen LogP contribution in [0.15, 0.2) is 29.8 Å². The first kappa shape index (κ1) is 24.7. The molecule has 1 aliphatic heterocycles. The number of pyridine rings is 1. The van der Waals surface area contributed by atoms with Gasteiger partial charge in [-0.05, 0) is 32.4 Å². The van der Waals surface area contributed by atoms with Crippen LogP contribution in [0, 0.1) is 12.7 Å². The summed E-state index contributed by atoms with van der Waals surface area (Å²) in [4.78, 5) is 46.6. The van der Waals surface area contributed by atoms with E-state index in [4.69, 9.17) is 11.6 Å². The Morgan fingerprint density at radius 1 is 1.34 bits per heavy atom. The van der Waals surface area contributed by atoms with Crippen molar-refractivity contribution < 1.29 is 9.18 Å². The van der Waals surface area contributed by atoms with E-state index in [-0.39, 0.29) is 28.7 Å². The van der Waals surface area contributed by atoms with Crippen LogP contribution in [0.4, 0.5) is 10.2 Å². The van der Waals surface area contributed by atoms with Gasteiger partial charge >= 0.3 is 5.69 Å². The lowest BCUT2D eigenvalue weighted by molar-refractivity contribution is -0.128. The molecule has 0 saturated carbocycles. The van der Waals surface area contributed by atoms with Crippen molar-refractivity contribution in [2.75, 3.05) is 24.5 Å². The van der Waals surface area contributed by atoms with Crippen LogP contribution in [0.3, 0.4) is 0 Å². The van der Waals surface area contributed by atoms with Crippen LogP contribution in [0.5, 0.6) is 0 Å². The predicted molar refractivity (Wildman–Crippen MR) is 133 cm³/mol. The number of halogens is 2. The van der Waals surface area contributed by atoms with Crippen LogP contribution >= 0.6 is 11.6 Å². The number of fused-ring (bicyclic) bond motifs is 1. The van der Waals surface area contributed by atoms with Gasteiger partial charge in [0.25, 0.3) is 0 Å². The monoisotopic (exact) mass is 499 g/mol. The van der Waals surface area contributed by atoms with Crippen LogP contribution in [0.25, 0.3) is 16.7 Å². The number of amides is 1. The van der Waals surface area contributed by atoms with Crippen LogP contribution < -0.4 is 10.6 Å². The predicted octanol–water partition coefficient (Wildman–Crippen LogP) is 3.41. The van der Waals surface area contributed by atoms with E-state index >= 15 is 0 Å². The molecule has 9 nitrogen and oxygen atoms in total. The minimum atomic E-state index is -0.718. The van der Waals surface area contributed by atoms with Gasteiger partial charge in [-0.3, -0.25) is 4.79 Å². The molecule has 0 spiro atoms. The molecular formula is C24H27ClFN7O2. The topological polar surface area (TPSA) is 97.1 Å². The van der Waals surface area contributed by atoms with Crippen LogP contribution in [0.2, 0.25) is 5.15 Å². The number of hydrogen-bond donors (Lipinski definition) is 0. The second-order valence-corrected chi connectivity index (χ2v) is 9.08. The SMILES string of the molecule is C=CC(=O)N1CCN(c2nc(=O)n(-c3c(C)ncnc3C(C)CC)c3nc(Cl)c(F)cc23)C[C@@H]1C. The molecule has 4 heterocycles. The Bertz CT molecular complexity index is 1380. The van der Waals surface area contributed by atoms with E-state index in [1.54, 1.807) is 11.8 Å².